The number of anilines is 1. The Morgan fingerprint density at radius 2 is 2.36 bits per heavy atom. The fourth-order valence-corrected chi connectivity index (χ4v) is 1.75. The standard InChI is InChI=1S/C9H11FN2OS/c1-12-8(13)5-14-9-6(10)3-2-4-7(9)11/h2-4H,5,11H2,1H3,(H,12,13). The van der Waals surface area contributed by atoms with Crippen LogP contribution < -0.4 is 11.1 Å². The van der Waals surface area contributed by atoms with Crippen molar-refractivity contribution in [2.45, 2.75) is 4.90 Å². The zero-order valence-electron chi connectivity index (χ0n) is 7.71. The van der Waals surface area contributed by atoms with E-state index < -0.39 is 0 Å². The first-order valence-electron chi connectivity index (χ1n) is 4.02. The number of rotatable bonds is 3. The van der Waals surface area contributed by atoms with E-state index in [-0.39, 0.29) is 17.5 Å². The van der Waals surface area contributed by atoms with Crippen LogP contribution in [0.5, 0.6) is 0 Å². The van der Waals surface area contributed by atoms with Crippen LogP contribution in [0.2, 0.25) is 0 Å². The Bertz CT molecular complexity index is 323. The Morgan fingerprint density at radius 1 is 1.64 bits per heavy atom. The zero-order chi connectivity index (χ0) is 10.6. The van der Waals surface area contributed by atoms with Crippen LogP contribution in [0.25, 0.3) is 0 Å². The Labute approximate surface area is 85.9 Å². The van der Waals surface area contributed by atoms with Crippen molar-refractivity contribution in [3.63, 3.8) is 0 Å². The summed E-state index contributed by atoms with van der Waals surface area (Å²) in [6.07, 6.45) is 0. The summed E-state index contributed by atoms with van der Waals surface area (Å²) in [6, 6.07) is 4.46. The molecule has 1 aromatic rings. The third-order valence-electron chi connectivity index (χ3n) is 1.62. The van der Waals surface area contributed by atoms with Gasteiger partial charge in [-0.1, -0.05) is 6.07 Å². The third kappa shape index (κ3) is 2.63. The number of amides is 1. The van der Waals surface area contributed by atoms with Gasteiger partial charge in [-0.25, -0.2) is 4.39 Å². The first kappa shape index (κ1) is 10.8. The third-order valence-corrected chi connectivity index (χ3v) is 2.75. The number of hydrogen-bond donors (Lipinski definition) is 2. The van der Waals surface area contributed by atoms with Crippen LogP contribution in [0.15, 0.2) is 23.1 Å². The summed E-state index contributed by atoms with van der Waals surface area (Å²) in [6.45, 7) is 0. The van der Waals surface area contributed by atoms with Crippen LogP contribution in [-0.4, -0.2) is 18.7 Å². The molecule has 0 atom stereocenters. The molecule has 0 aromatic heterocycles. The van der Waals surface area contributed by atoms with Crippen molar-refractivity contribution >= 4 is 23.4 Å². The van der Waals surface area contributed by atoms with Gasteiger partial charge in [0.1, 0.15) is 5.82 Å². The van der Waals surface area contributed by atoms with Crippen LogP contribution in [-0.2, 0) is 4.79 Å². The SMILES string of the molecule is CNC(=O)CSc1c(N)cccc1F. The quantitative estimate of drug-likeness (QED) is 0.588. The second kappa shape index (κ2) is 4.85. The van der Waals surface area contributed by atoms with E-state index in [0.29, 0.717) is 10.6 Å². The Balaban J connectivity index is 2.71. The van der Waals surface area contributed by atoms with Gasteiger partial charge in [-0.15, -0.1) is 11.8 Å². The van der Waals surface area contributed by atoms with Gasteiger partial charge in [0.05, 0.1) is 10.6 Å². The minimum atomic E-state index is -0.390. The second-order valence-electron chi connectivity index (χ2n) is 2.62. The zero-order valence-corrected chi connectivity index (χ0v) is 8.53. The molecule has 76 valence electrons. The van der Waals surface area contributed by atoms with Gasteiger partial charge in [0.2, 0.25) is 5.91 Å². The lowest BCUT2D eigenvalue weighted by molar-refractivity contribution is -0.118. The van der Waals surface area contributed by atoms with Crippen molar-refractivity contribution in [1.82, 2.24) is 5.32 Å². The molecule has 3 nitrogen and oxygen atoms in total. The van der Waals surface area contributed by atoms with E-state index in [1.54, 1.807) is 6.07 Å². The molecule has 1 aromatic carbocycles. The highest BCUT2D eigenvalue weighted by atomic mass is 32.2. The minimum absolute atomic E-state index is 0.155. The van der Waals surface area contributed by atoms with Crippen molar-refractivity contribution in [2.75, 3.05) is 18.5 Å². The maximum atomic E-state index is 13.2. The van der Waals surface area contributed by atoms with E-state index in [1.165, 1.54) is 19.2 Å². The molecular weight excluding hydrogens is 203 g/mol. The number of carbonyl (C=O) groups excluding carboxylic acids is 1. The van der Waals surface area contributed by atoms with Crippen molar-refractivity contribution in [3.05, 3.63) is 24.0 Å². The Kier molecular flexibility index (Phi) is 3.76. The molecule has 0 saturated carbocycles. The molecule has 0 radical (unpaired) electrons. The molecule has 1 rings (SSSR count). The van der Waals surface area contributed by atoms with E-state index in [9.17, 15) is 9.18 Å². The Morgan fingerprint density at radius 3 is 2.93 bits per heavy atom. The summed E-state index contributed by atoms with van der Waals surface area (Å²) in [4.78, 5) is 11.2. The molecule has 0 heterocycles. The molecule has 0 aliphatic rings. The van der Waals surface area contributed by atoms with Crippen molar-refractivity contribution < 1.29 is 9.18 Å². The van der Waals surface area contributed by atoms with E-state index >= 15 is 0 Å². The summed E-state index contributed by atoms with van der Waals surface area (Å²) >= 11 is 1.09. The molecule has 14 heavy (non-hydrogen) atoms. The monoisotopic (exact) mass is 214 g/mol. The molecule has 0 aliphatic carbocycles. The van der Waals surface area contributed by atoms with E-state index in [4.69, 9.17) is 5.73 Å². The summed E-state index contributed by atoms with van der Waals surface area (Å²) in [5.41, 5.74) is 5.92. The molecule has 0 bridgehead atoms. The molecule has 5 heteroatoms. The Hall–Kier alpha value is -1.23. The highest BCUT2D eigenvalue weighted by molar-refractivity contribution is 8.00. The predicted octanol–water partition coefficient (Wildman–Crippen LogP) is 1.25. The molecule has 0 unspecified atom stereocenters. The molecule has 1 amide bonds. The number of benzene rings is 1. The van der Waals surface area contributed by atoms with Crippen LogP contribution in [0, 0.1) is 5.82 Å². The topological polar surface area (TPSA) is 55.1 Å². The van der Waals surface area contributed by atoms with Gasteiger partial charge in [-0.2, -0.15) is 0 Å². The molecule has 0 saturated heterocycles. The average Bonchev–Trinajstić information content (AvgIpc) is 2.16. The van der Waals surface area contributed by atoms with E-state index in [0.717, 1.165) is 11.8 Å². The van der Waals surface area contributed by atoms with Gasteiger partial charge in [-0.05, 0) is 12.1 Å². The summed E-state index contributed by atoms with van der Waals surface area (Å²) < 4.78 is 13.2. The fraction of sp³-hybridized carbons (Fsp3) is 0.222. The van der Waals surface area contributed by atoms with Crippen molar-refractivity contribution in [3.8, 4) is 0 Å². The molecule has 0 aliphatic heterocycles. The highest BCUT2D eigenvalue weighted by Crippen LogP contribution is 2.27. The highest BCUT2D eigenvalue weighted by Gasteiger charge is 2.08. The first-order valence-corrected chi connectivity index (χ1v) is 5.01. The summed E-state index contributed by atoms with van der Waals surface area (Å²) in [5.74, 6) is -0.377. The first-order chi connectivity index (χ1) is 6.65. The van der Waals surface area contributed by atoms with Crippen molar-refractivity contribution in [1.29, 1.82) is 0 Å². The lowest BCUT2D eigenvalue weighted by atomic mass is 10.3. The number of nitrogens with one attached hydrogen (secondary N) is 1. The van der Waals surface area contributed by atoms with Crippen LogP contribution in [0.1, 0.15) is 0 Å². The summed E-state index contributed by atoms with van der Waals surface area (Å²) in [7, 11) is 1.54. The molecule has 3 N–H and O–H groups in total. The van der Waals surface area contributed by atoms with Crippen LogP contribution in [0.4, 0.5) is 10.1 Å². The van der Waals surface area contributed by atoms with E-state index in [1.807, 2.05) is 0 Å². The van der Waals surface area contributed by atoms with E-state index in [2.05, 4.69) is 5.32 Å². The fourth-order valence-electron chi connectivity index (χ4n) is 0.888. The normalized spacial score (nSPS) is 9.86. The van der Waals surface area contributed by atoms with Crippen LogP contribution >= 0.6 is 11.8 Å². The average molecular weight is 214 g/mol. The van der Waals surface area contributed by atoms with Gasteiger partial charge in [0.25, 0.3) is 0 Å². The maximum absolute atomic E-state index is 13.2. The lowest BCUT2D eigenvalue weighted by Crippen LogP contribution is -2.19. The number of thioether (sulfide) groups is 1. The largest absolute Gasteiger partial charge is 0.398 e. The number of carbonyl (C=O) groups is 1. The number of hydrogen-bond acceptors (Lipinski definition) is 3. The van der Waals surface area contributed by atoms with Gasteiger partial charge in [-0.3, -0.25) is 4.79 Å². The van der Waals surface area contributed by atoms with Crippen LogP contribution in [0.3, 0.4) is 0 Å². The summed E-state index contributed by atoms with van der Waals surface area (Å²) in [5, 5.41) is 2.45. The molecular formula is C9H11FN2OS. The van der Waals surface area contributed by atoms with Gasteiger partial charge in [0.15, 0.2) is 0 Å². The maximum Gasteiger partial charge on any atom is 0.230 e. The van der Waals surface area contributed by atoms with Crippen molar-refractivity contribution in [2.24, 2.45) is 0 Å². The van der Waals surface area contributed by atoms with Gasteiger partial charge < -0.3 is 11.1 Å². The van der Waals surface area contributed by atoms with Gasteiger partial charge >= 0.3 is 0 Å². The number of nitrogens with two attached hydrogens (primary N) is 1. The molecule has 0 fully saturated rings. The number of nitrogen functional groups attached to an aromatic ring is 1. The minimum Gasteiger partial charge on any atom is -0.398 e. The lowest BCUT2D eigenvalue weighted by Gasteiger charge is -2.05. The predicted molar refractivity (Wildman–Crippen MR) is 55.6 cm³/mol. The molecule has 0 spiro atoms. The number of halogens is 1. The smallest absolute Gasteiger partial charge is 0.230 e. The van der Waals surface area contributed by atoms with Gasteiger partial charge in [0, 0.05) is 12.7 Å². The second-order valence-corrected chi connectivity index (χ2v) is 3.61.